The van der Waals surface area contributed by atoms with Crippen LogP contribution in [-0.2, 0) is 4.79 Å². The van der Waals surface area contributed by atoms with Crippen molar-refractivity contribution in [2.24, 2.45) is 0 Å². The van der Waals surface area contributed by atoms with Crippen molar-refractivity contribution >= 4 is 12.0 Å². The molecule has 2 heterocycles. The number of amides is 1. The summed E-state index contributed by atoms with van der Waals surface area (Å²) in [5.41, 5.74) is 1.02. The number of nitrogens with zero attached hydrogens (tertiary/aromatic N) is 1. The van der Waals surface area contributed by atoms with Crippen LogP contribution in [0.15, 0.2) is 36.4 Å². The SMILES string of the molecule is O=C(/C=C/C=C/c1ccc2c(c1)OCO2)N1CCCC1. The van der Waals surface area contributed by atoms with Crippen molar-refractivity contribution in [3.63, 3.8) is 0 Å². The molecule has 3 rings (SSSR count). The fourth-order valence-electron chi connectivity index (χ4n) is 2.36. The molecule has 1 saturated heterocycles. The molecule has 0 bridgehead atoms. The van der Waals surface area contributed by atoms with Crippen LogP contribution in [-0.4, -0.2) is 30.7 Å². The number of hydrogen-bond acceptors (Lipinski definition) is 3. The van der Waals surface area contributed by atoms with E-state index in [2.05, 4.69) is 0 Å². The number of rotatable bonds is 3. The molecule has 1 aromatic rings. The predicted octanol–water partition coefficient (Wildman–Crippen LogP) is 2.61. The maximum atomic E-state index is 11.8. The summed E-state index contributed by atoms with van der Waals surface area (Å²) in [6.07, 6.45) is 9.44. The van der Waals surface area contributed by atoms with Crippen molar-refractivity contribution < 1.29 is 14.3 Å². The van der Waals surface area contributed by atoms with Crippen molar-refractivity contribution in [1.82, 2.24) is 4.90 Å². The van der Waals surface area contributed by atoms with Crippen LogP contribution >= 0.6 is 0 Å². The van der Waals surface area contributed by atoms with E-state index in [1.54, 1.807) is 12.2 Å². The predicted molar refractivity (Wildman–Crippen MR) is 76.6 cm³/mol. The average Bonchev–Trinajstić information content (AvgIpc) is 3.13. The molecule has 1 fully saturated rings. The van der Waals surface area contributed by atoms with Gasteiger partial charge in [0.05, 0.1) is 0 Å². The van der Waals surface area contributed by atoms with E-state index in [0.717, 1.165) is 43.0 Å². The molecule has 104 valence electrons. The highest BCUT2D eigenvalue weighted by Crippen LogP contribution is 2.32. The van der Waals surface area contributed by atoms with Gasteiger partial charge in [-0.1, -0.05) is 24.3 Å². The van der Waals surface area contributed by atoms with Crippen molar-refractivity contribution in [1.29, 1.82) is 0 Å². The third kappa shape index (κ3) is 2.85. The zero-order chi connectivity index (χ0) is 13.8. The number of carbonyl (C=O) groups excluding carboxylic acids is 1. The van der Waals surface area contributed by atoms with Crippen LogP contribution in [0.1, 0.15) is 18.4 Å². The third-order valence-corrected chi connectivity index (χ3v) is 3.45. The molecule has 0 aromatic heterocycles. The van der Waals surface area contributed by atoms with Gasteiger partial charge in [-0.05, 0) is 30.5 Å². The van der Waals surface area contributed by atoms with E-state index < -0.39 is 0 Å². The summed E-state index contributed by atoms with van der Waals surface area (Å²) in [4.78, 5) is 13.7. The zero-order valence-corrected chi connectivity index (χ0v) is 11.2. The minimum Gasteiger partial charge on any atom is -0.454 e. The van der Waals surface area contributed by atoms with Gasteiger partial charge in [0.15, 0.2) is 11.5 Å². The van der Waals surface area contributed by atoms with Gasteiger partial charge < -0.3 is 14.4 Å². The molecule has 0 aliphatic carbocycles. The van der Waals surface area contributed by atoms with Crippen molar-refractivity contribution in [3.8, 4) is 11.5 Å². The number of allylic oxidation sites excluding steroid dienone is 2. The summed E-state index contributed by atoms with van der Waals surface area (Å²) < 4.78 is 10.6. The Hall–Kier alpha value is -2.23. The second-order valence-corrected chi connectivity index (χ2v) is 4.86. The maximum absolute atomic E-state index is 11.8. The number of benzene rings is 1. The first-order chi connectivity index (χ1) is 9.83. The molecule has 1 amide bonds. The molecule has 0 N–H and O–H groups in total. The van der Waals surface area contributed by atoms with Crippen molar-refractivity contribution in [2.75, 3.05) is 19.9 Å². The first-order valence-electron chi connectivity index (χ1n) is 6.86. The molecule has 2 aliphatic rings. The summed E-state index contributed by atoms with van der Waals surface area (Å²) in [5, 5.41) is 0. The van der Waals surface area contributed by atoms with Gasteiger partial charge in [0.1, 0.15) is 0 Å². The highest BCUT2D eigenvalue weighted by Gasteiger charge is 2.14. The molecule has 4 heteroatoms. The highest BCUT2D eigenvalue weighted by atomic mass is 16.7. The van der Waals surface area contributed by atoms with E-state index in [1.165, 1.54) is 0 Å². The molecular formula is C16H17NO3. The lowest BCUT2D eigenvalue weighted by atomic mass is 10.2. The molecule has 20 heavy (non-hydrogen) atoms. The molecular weight excluding hydrogens is 254 g/mol. The summed E-state index contributed by atoms with van der Waals surface area (Å²) in [5.74, 6) is 1.64. The number of carbonyl (C=O) groups is 1. The molecule has 0 atom stereocenters. The molecule has 0 spiro atoms. The van der Waals surface area contributed by atoms with Gasteiger partial charge in [0.25, 0.3) is 0 Å². The first-order valence-corrected chi connectivity index (χ1v) is 6.86. The van der Waals surface area contributed by atoms with Crippen molar-refractivity contribution in [2.45, 2.75) is 12.8 Å². The lowest BCUT2D eigenvalue weighted by Crippen LogP contribution is -2.25. The first kappa shape index (κ1) is 12.8. The Bertz CT molecular complexity index is 557. The lowest BCUT2D eigenvalue weighted by Gasteiger charge is -2.11. The van der Waals surface area contributed by atoms with E-state index in [0.29, 0.717) is 0 Å². The van der Waals surface area contributed by atoms with Gasteiger partial charge in [0, 0.05) is 19.2 Å². The molecule has 0 radical (unpaired) electrons. The van der Waals surface area contributed by atoms with E-state index in [4.69, 9.17) is 9.47 Å². The smallest absolute Gasteiger partial charge is 0.246 e. The molecule has 1 aromatic carbocycles. The second-order valence-electron chi connectivity index (χ2n) is 4.86. The van der Waals surface area contributed by atoms with E-state index in [1.807, 2.05) is 35.3 Å². The van der Waals surface area contributed by atoms with Gasteiger partial charge >= 0.3 is 0 Å². The Labute approximate surface area is 118 Å². The van der Waals surface area contributed by atoms with E-state index in [-0.39, 0.29) is 12.7 Å². The molecule has 0 saturated carbocycles. The lowest BCUT2D eigenvalue weighted by molar-refractivity contribution is -0.124. The fraction of sp³-hybridized carbons (Fsp3) is 0.312. The van der Waals surface area contributed by atoms with Crippen LogP contribution in [0.25, 0.3) is 6.08 Å². The van der Waals surface area contributed by atoms with Crippen LogP contribution in [0.4, 0.5) is 0 Å². The summed E-state index contributed by atoms with van der Waals surface area (Å²) in [7, 11) is 0. The Kier molecular flexibility index (Phi) is 3.72. The van der Waals surface area contributed by atoms with E-state index in [9.17, 15) is 4.79 Å². The van der Waals surface area contributed by atoms with Crippen molar-refractivity contribution in [3.05, 3.63) is 42.0 Å². The third-order valence-electron chi connectivity index (χ3n) is 3.45. The van der Waals surface area contributed by atoms with E-state index >= 15 is 0 Å². The van der Waals surface area contributed by atoms with Crippen LogP contribution in [0.3, 0.4) is 0 Å². The van der Waals surface area contributed by atoms with Crippen LogP contribution in [0.5, 0.6) is 11.5 Å². The highest BCUT2D eigenvalue weighted by molar-refractivity contribution is 5.88. The summed E-state index contributed by atoms with van der Waals surface area (Å²) in [6, 6.07) is 5.77. The topological polar surface area (TPSA) is 38.8 Å². The zero-order valence-electron chi connectivity index (χ0n) is 11.2. The van der Waals surface area contributed by atoms with Gasteiger partial charge in [-0.3, -0.25) is 4.79 Å². The number of ether oxygens (including phenoxy) is 2. The van der Waals surface area contributed by atoms with Gasteiger partial charge in [-0.25, -0.2) is 0 Å². The van der Waals surface area contributed by atoms with Crippen LogP contribution in [0.2, 0.25) is 0 Å². The quantitative estimate of drug-likeness (QED) is 0.626. The summed E-state index contributed by atoms with van der Waals surface area (Å²) >= 11 is 0. The number of likely N-dealkylation sites (tertiary alicyclic amines) is 1. The largest absolute Gasteiger partial charge is 0.454 e. The monoisotopic (exact) mass is 271 g/mol. The van der Waals surface area contributed by atoms with Crippen LogP contribution < -0.4 is 9.47 Å². The molecule has 4 nitrogen and oxygen atoms in total. The van der Waals surface area contributed by atoms with Crippen LogP contribution in [0, 0.1) is 0 Å². The molecule has 0 unspecified atom stereocenters. The normalized spacial score (nSPS) is 17.5. The Morgan fingerprint density at radius 2 is 1.90 bits per heavy atom. The Morgan fingerprint density at radius 1 is 1.10 bits per heavy atom. The van der Waals surface area contributed by atoms with Gasteiger partial charge in [-0.2, -0.15) is 0 Å². The average molecular weight is 271 g/mol. The summed E-state index contributed by atoms with van der Waals surface area (Å²) in [6.45, 7) is 2.05. The van der Waals surface area contributed by atoms with Gasteiger partial charge in [-0.15, -0.1) is 0 Å². The molecule has 2 aliphatic heterocycles. The Morgan fingerprint density at radius 3 is 2.75 bits per heavy atom. The minimum absolute atomic E-state index is 0.0952. The standard InChI is InChI=1S/C16H17NO3/c18-16(17-9-3-4-10-17)6-2-1-5-13-7-8-14-15(11-13)20-12-19-14/h1-2,5-8,11H,3-4,9-10,12H2/b5-1+,6-2+. The minimum atomic E-state index is 0.0952. The van der Waals surface area contributed by atoms with Gasteiger partial charge in [0.2, 0.25) is 12.7 Å². The number of fused-ring (bicyclic) bond motifs is 1. The second kappa shape index (κ2) is 5.82. The maximum Gasteiger partial charge on any atom is 0.246 e. The Balaban J connectivity index is 1.58. The number of hydrogen-bond donors (Lipinski definition) is 0. The fourth-order valence-corrected chi connectivity index (χ4v) is 2.36.